The van der Waals surface area contributed by atoms with Crippen LogP contribution in [0.3, 0.4) is 0 Å². The molecule has 1 heterocycles. The minimum Gasteiger partial charge on any atom is -0.463 e. The summed E-state index contributed by atoms with van der Waals surface area (Å²) in [7, 11) is 0. The van der Waals surface area contributed by atoms with Crippen LogP contribution in [0.4, 0.5) is 13.2 Å². The fourth-order valence-corrected chi connectivity index (χ4v) is 2.92. The summed E-state index contributed by atoms with van der Waals surface area (Å²) in [5, 5.41) is 9.46. The molecular formula is C17H14BrF3N2O4. The molecule has 0 spiro atoms. The highest BCUT2D eigenvalue weighted by Gasteiger charge is 2.37. The molecule has 2 rings (SSSR count). The van der Waals surface area contributed by atoms with Crippen molar-refractivity contribution in [2.75, 3.05) is 6.61 Å². The van der Waals surface area contributed by atoms with Crippen molar-refractivity contribution in [3.63, 3.8) is 0 Å². The predicted octanol–water partition coefficient (Wildman–Crippen LogP) is 3.99. The van der Waals surface area contributed by atoms with Gasteiger partial charge in [0.15, 0.2) is 0 Å². The molecule has 0 aromatic heterocycles. The standard InChI is InChI=1S/C17H14BrF3N2O4/c1-3-25-16(24)13-8(2)26-15(23)10(7-22)14(13)9-4-5-11(18)12(6-9)27-17(19,20)21/h4-6,14H,3,23H2,1-2H3. The van der Waals surface area contributed by atoms with Crippen molar-refractivity contribution in [1.29, 1.82) is 5.26 Å². The first-order valence-corrected chi connectivity index (χ1v) is 8.39. The highest BCUT2D eigenvalue weighted by atomic mass is 79.9. The number of hydrogen-bond donors (Lipinski definition) is 1. The van der Waals surface area contributed by atoms with Gasteiger partial charge in [-0.05, 0) is 47.5 Å². The van der Waals surface area contributed by atoms with Gasteiger partial charge in [0.05, 0.1) is 22.6 Å². The Hall–Kier alpha value is -2.67. The lowest BCUT2D eigenvalue weighted by Crippen LogP contribution is -2.25. The van der Waals surface area contributed by atoms with Crippen LogP contribution in [0.25, 0.3) is 0 Å². The molecule has 10 heteroatoms. The lowest BCUT2D eigenvalue weighted by atomic mass is 9.83. The summed E-state index contributed by atoms with van der Waals surface area (Å²) >= 11 is 2.98. The first-order valence-electron chi connectivity index (χ1n) is 7.59. The highest BCUT2D eigenvalue weighted by Crippen LogP contribution is 2.42. The van der Waals surface area contributed by atoms with Crippen LogP contribution in [0, 0.1) is 11.3 Å². The maximum Gasteiger partial charge on any atom is 0.573 e. The molecule has 0 fully saturated rings. The molecule has 2 N–H and O–H groups in total. The summed E-state index contributed by atoms with van der Waals surface area (Å²) in [6.07, 6.45) is -4.92. The number of nitriles is 1. The normalized spacial score (nSPS) is 17.3. The van der Waals surface area contributed by atoms with Gasteiger partial charge < -0.3 is 19.9 Å². The molecule has 0 aliphatic carbocycles. The maximum atomic E-state index is 12.6. The molecule has 0 saturated carbocycles. The van der Waals surface area contributed by atoms with Gasteiger partial charge in [0, 0.05) is 0 Å². The number of nitrogens with zero attached hydrogens (tertiary/aromatic N) is 1. The summed E-state index contributed by atoms with van der Waals surface area (Å²) < 4.78 is 52.2. The smallest absolute Gasteiger partial charge is 0.463 e. The van der Waals surface area contributed by atoms with E-state index < -0.39 is 24.0 Å². The van der Waals surface area contributed by atoms with Crippen molar-refractivity contribution in [2.45, 2.75) is 26.1 Å². The van der Waals surface area contributed by atoms with E-state index in [1.807, 2.05) is 6.07 Å². The van der Waals surface area contributed by atoms with Gasteiger partial charge in [0.25, 0.3) is 0 Å². The fraction of sp³-hybridized carbons (Fsp3) is 0.294. The van der Waals surface area contributed by atoms with Crippen molar-refractivity contribution in [3.05, 3.63) is 51.0 Å². The molecule has 0 bridgehead atoms. The van der Waals surface area contributed by atoms with E-state index in [-0.39, 0.29) is 39.4 Å². The maximum absolute atomic E-state index is 12.6. The molecular weight excluding hydrogens is 433 g/mol. The quantitative estimate of drug-likeness (QED) is 0.702. The Bertz CT molecular complexity index is 872. The molecule has 1 aromatic carbocycles. The number of alkyl halides is 3. The number of rotatable bonds is 4. The highest BCUT2D eigenvalue weighted by molar-refractivity contribution is 9.10. The molecule has 1 aromatic rings. The average Bonchev–Trinajstić information content (AvgIpc) is 2.55. The second-order valence-electron chi connectivity index (χ2n) is 5.35. The van der Waals surface area contributed by atoms with Crippen LogP contribution in [-0.4, -0.2) is 18.9 Å². The van der Waals surface area contributed by atoms with Crippen molar-refractivity contribution in [2.24, 2.45) is 5.73 Å². The van der Waals surface area contributed by atoms with Crippen molar-refractivity contribution < 1.29 is 32.2 Å². The van der Waals surface area contributed by atoms with Crippen molar-refractivity contribution in [3.8, 4) is 11.8 Å². The third-order valence-corrected chi connectivity index (χ3v) is 4.27. The number of ether oxygens (including phenoxy) is 3. The number of carbonyl (C=O) groups excluding carboxylic acids is 1. The third-order valence-electron chi connectivity index (χ3n) is 3.62. The van der Waals surface area contributed by atoms with Crippen LogP contribution in [0.5, 0.6) is 5.75 Å². The SMILES string of the molecule is CCOC(=O)C1=C(C)OC(N)=C(C#N)C1c1ccc(Br)c(OC(F)(F)F)c1. The monoisotopic (exact) mass is 446 g/mol. The van der Waals surface area contributed by atoms with E-state index >= 15 is 0 Å². The molecule has 6 nitrogen and oxygen atoms in total. The third kappa shape index (κ3) is 4.54. The fourth-order valence-electron chi connectivity index (χ4n) is 2.59. The first-order chi connectivity index (χ1) is 12.6. The van der Waals surface area contributed by atoms with Gasteiger partial charge in [-0.3, -0.25) is 0 Å². The summed E-state index contributed by atoms with van der Waals surface area (Å²) in [6, 6.07) is 5.68. The topological polar surface area (TPSA) is 94.6 Å². The number of carbonyl (C=O) groups is 1. The van der Waals surface area contributed by atoms with E-state index in [0.29, 0.717) is 0 Å². The molecule has 1 aliphatic heterocycles. The van der Waals surface area contributed by atoms with E-state index in [1.165, 1.54) is 19.1 Å². The number of benzene rings is 1. The molecule has 1 aliphatic rings. The van der Waals surface area contributed by atoms with E-state index in [9.17, 15) is 23.2 Å². The largest absolute Gasteiger partial charge is 0.573 e. The number of nitrogens with two attached hydrogens (primary N) is 1. The lowest BCUT2D eigenvalue weighted by molar-refractivity contribution is -0.274. The Kier molecular flexibility index (Phi) is 6.05. The minimum atomic E-state index is -4.92. The molecule has 0 radical (unpaired) electrons. The van der Waals surface area contributed by atoms with Gasteiger partial charge >= 0.3 is 12.3 Å². The molecule has 27 heavy (non-hydrogen) atoms. The van der Waals surface area contributed by atoms with Gasteiger partial charge in [-0.25, -0.2) is 4.79 Å². The van der Waals surface area contributed by atoms with Crippen LogP contribution in [-0.2, 0) is 14.3 Å². The van der Waals surface area contributed by atoms with E-state index in [4.69, 9.17) is 15.2 Å². The Morgan fingerprint density at radius 2 is 2.11 bits per heavy atom. The van der Waals surface area contributed by atoms with Crippen LogP contribution >= 0.6 is 15.9 Å². The Balaban J connectivity index is 2.63. The van der Waals surface area contributed by atoms with E-state index in [1.54, 1.807) is 6.92 Å². The zero-order valence-corrected chi connectivity index (χ0v) is 15.8. The zero-order chi connectivity index (χ0) is 20.4. The van der Waals surface area contributed by atoms with Crippen LogP contribution in [0.15, 0.2) is 45.5 Å². The molecule has 1 unspecified atom stereocenters. The number of allylic oxidation sites excluding steroid dienone is 2. The van der Waals surface area contributed by atoms with Gasteiger partial charge in [0.1, 0.15) is 23.2 Å². The molecule has 0 saturated heterocycles. The van der Waals surface area contributed by atoms with Crippen LogP contribution in [0.1, 0.15) is 25.3 Å². The number of esters is 1. The van der Waals surface area contributed by atoms with Gasteiger partial charge in [-0.2, -0.15) is 5.26 Å². The minimum absolute atomic E-state index is 0.0251. The first kappa shape index (κ1) is 20.6. The molecule has 0 amide bonds. The zero-order valence-electron chi connectivity index (χ0n) is 14.2. The summed E-state index contributed by atoms with van der Waals surface area (Å²) in [6.45, 7) is 3.11. The average molecular weight is 447 g/mol. The van der Waals surface area contributed by atoms with Gasteiger partial charge in [-0.15, -0.1) is 13.2 Å². The second kappa shape index (κ2) is 7.92. The summed E-state index contributed by atoms with van der Waals surface area (Å²) in [5.41, 5.74) is 5.78. The van der Waals surface area contributed by atoms with Gasteiger partial charge in [-0.1, -0.05) is 6.07 Å². The van der Waals surface area contributed by atoms with Crippen molar-refractivity contribution >= 4 is 21.9 Å². The second-order valence-corrected chi connectivity index (χ2v) is 6.21. The van der Waals surface area contributed by atoms with Crippen LogP contribution < -0.4 is 10.5 Å². The number of hydrogen-bond acceptors (Lipinski definition) is 6. The Labute approximate surface area is 161 Å². The Morgan fingerprint density at radius 1 is 1.44 bits per heavy atom. The number of halogens is 4. The summed E-state index contributed by atoms with van der Waals surface area (Å²) in [4.78, 5) is 12.4. The van der Waals surface area contributed by atoms with Crippen LogP contribution in [0.2, 0.25) is 0 Å². The van der Waals surface area contributed by atoms with Gasteiger partial charge in [0.2, 0.25) is 5.88 Å². The molecule has 144 valence electrons. The van der Waals surface area contributed by atoms with Crippen molar-refractivity contribution in [1.82, 2.24) is 0 Å². The summed E-state index contributed by atoms with van der Waals surface area (Å²) in [5.74, 6) is -2.50. The predicted molar refractivity (Wildman–Crippen MR) is 90.8 cm³/mol. The van der Waals surface area contributed by atoms with E-state index in [0.717, 1.165) is 6.07 Å². The molecule has 1 atom stereocenters. The van der Waals surface area contributed by atoms with E-state index in [2.05, 4.69) is 20.7 Å². The Morgan fingerprint density at radius 3 is 2.67 bits per heavy atom. The lowest BCUT2D eigenvalue weighted by Gasteiger charge is -2.27.